The molecule has 0 N–H and O–H groups in total. The van der Waals surface area contributed by atoms with E-state index in [0.717, 1.165) is 37.9 Å². The Morgan fingerprint density at radius 2 is 1.49 bits per heavy atom. The molecule has 1 saturated carbocycles. The third kappa shape index (κ3) is 5.92. The Morgan fingerprint density at radius 3 is 2.12 bits per heavy atom. The summed E-state index contributed by atoms with van der Waals surface area (Å²) < 4.78 is 24.3. The molecule has 1 aliphatic carbocycles. The normalized spacial score (nSPS) is 29.1. The van der Waals surface area contributed by atoms with Crippen LogP contribution in [-0.2, 0) is 38.6 Å². The average molecular weight is 556 g/mol. The molecule has 1 spiro atoms. The predicted molar refractivity (Wildman–Crippen MR) is 157 cm³/mol. The lowest BCUT2D eigenvalue weighted by Gasteiger charge is -2.58. The van der Waals surface area contributed by atoms with E-state index in [1.54, 1.807) is 7.11 Å². The van der Waals surface area contributed by atoms with Crippen LogP contribution < -0.4 is 4.74 Å². The third-order valence-corrected chi connectivity index (χ3v) is 9.57. The van der Waals surface area contributed by atoms with E-state index >= 15 is 0 Å². The van der Waals surface area contributed by atoms with Crippen LogP contribution in [0.15, 0.2) is 84.9 Å². The summed E-state index contributed by atoms with van der Waals surface area (Å²) in [4.78, 5) is 15.5. The number of esters is 1. The first-order valence-corrected chi connectivity index (χ1v) is 14.9. The maximum absolute atomic E-state index is 12.8. The minimum Gasteiger partial charge on any atom is -0.497 e. The highest BCUT2D eigenvalue weighted by atomic mass is 16.5. The number of carbonyl (C=O) groups excluding carboxylic acids is 1. The molecule has 0 unspecified atom stereocenters. The fourth-order valence-electron chi connectivity index (χ4n) is 7.63. The summed E-state index contributed by atoms with van der Waals surface area (Å²) in [6.45, 7) is 1.85. The van der Waals surface area contributed by atoms with Crippen molar-refractivity contribution in [3.63, 3.8) is 0 Å². The number of nitrogens with zero attached hydrogens (tertiary/aromatic N) is 1. The molecule has 2 aliphatic heterocycles. The Morgan fingerprint density at radius 1 is 0.829 bits per heavy atom. The van der Waals surface area contributed by atoms with Crippen LogP contribution >= 0.6 is 0 Å². The Balaban J connectivity index is 1.33. The Bertz CT molecular complexity index is 1280. The lowest BCUT2D eigenvalue weighted by Crippen LogP contribution is -2.67. The van der Waals surface area contributed by atoms with Crippen molar-refractivity contribution in [2.75, 3.05) is 20.8 Å². The summed E-state index contributed by atoms with van der Waals surface area (Å²) in [5, 5.41) is 0. The fraction of sp³-hybridized carbons (Fsp3) is 0.457. The maximum atomic E-state index is 12.8. The number of rotatable bonds is 10. The molecule has 0 amide bonds. The fourth-order valence-corrected chi connectivity index (χ4v) is 7.63. The molecule has 3 fully saturated rings. The summed E-state index contributed by atoms with van der Waals surface area (Å²) in [6.07, 6.45) is 4.68. The van der Waals surface area contributed by atoms with Gasteiger partial charge in [-0.05, 0) is 60.9 Å². The minimum atomic E-state index is -0.117. The molecule has 6 atom stereocenters. The van der Waals surface area contributed by atoms with Gasteiger partial charge in [-0.15, -0.1) is 0 Å². The molecule has 3 aliphatic rings. The smallest absolute Gasteiger partial charge is 0.310 e. The molecule has 3 aromatic rings. The summed E-state index contributed by atoms with van der Waals surface area (Å²) in [7, 11) is 3.20. The molecule has 2 heterocycles. The number of ether oxygens (including phenoxy) is 4. The average Bonchev–Trinajstić information content (AvgIpc) is 3.40. The van der Waals surface area contributed by atoms with E-state index < -0.39 is 0 Å². The van der Waals surface area contributed by atoms with Crippen molar-refractivity contribution >= 4 is 5.97 Å². The van der Waals surface area contributed by atoms with Crippen molar-refractivity contribution in [3.8, 4) is 5.75 Å². The van der Waals surface area contributed by atoms with E-state index in [1.165, 1.54) is 23.8 Å². The third-order valence-electron chi connectivity index (χ3n) is 9.57. The van der Waals surface area contributed by atoms with Gasteiger partial charge in [-0.3, -0.25) is 9.69 Å². The van der Waals surface area contributed by atoms with Crippen molar-refractivity contribution < 1.29 is 23.7 Å². The SMILES string of the molecule is COC(=O)[C@@H]1CN2[C@@H](Cc3ccc(OC)cc3)[C@@H](OCc3ccccc3)[C@H]3C[C@@]2(CC[C@@H]3OCc2ccccc2)C1. The van der Waals surface area contributed by atoms with Gasteiger partial charge in [0.2, 0.25) is 0 Å². The second-order valence-corrected chi connectivity index (χ2v) is 11.9. The monoisotopic (exact) mass is 555 g/mol. The van der Waals surface area contributed by atoms with Crippen molar-refractivity contribution in [1.29, 1.82) is 0 Å². The van der Waals surface area contributed by atoms with Crippen LogP contribution in [-0.4, -0.2) is 55.4 Å². The Kier molecular flexibility index (Phi) is 8.42. The van der Waals surface area contributed by atoms with Crippen LogP contribution in [0.25, 0.3) is 0 Å². The molecule has 6 rings (SSSR count). The second-order valence-electron chi connectivity index (χ2n) is 11.9. The number of hydrogen-bond acceptors (Lipinski definition) is 6. The summed E-state index contributed by atoms with van der Waals surface area (Å²) in [5.74, 6) is 0.863. The van der Waals surface area contributed by atoms with E-state index in [1.807, 2.05) is 24.3 Å². The van der Waals surface area contributed by atoms with Crippen molar-refractivity contribution in [2.24, 2.45) is 11.8 Å². The van der Waals surface area contributed by atoms with Crippen LogP contribution in [0, 0.1) is 11.8 Å². The van der Waals surface area contributed by atoms with E-state index in [2.05, 4.69) is 65.6 Å². The molecule has 6 nitrogen and oxygen atoms in total. The summed E-state index contributed by atoms with van der Waals surface area (Å²) in [6, 6.07) is 29.3. The van der Waals surface area contributed by atoms with Gasteiger partial charge in [0.25, 0.3) is 0 Å². The van der Waals surface area contributed by atoms with Crippen LogP contribution in [0.5, 0.6) is 5.75 Å². The highest BCUT2D eigenvalue weighted by molar-refractivity contribution is 5.73. The molecular formula is C35H41NO5. The lowest BCUT2D eigenvalue weighted by atomic mass is 9.64. The molecule has 216 valence electrons. The summed E-state index contributed by atoms with van der Waals surface area (Å²) in [5.41, 5.74) is 3.55. The van der Waals surface area contributed by atoms with E-state index in [-0.39, 0.29) is 41.6 Å². The maximum Gasteiger partial charge on any atom is 0.310 e. The minimum absolute atomic E-state index is 0.0390. The van der Waals surface area contributed by atoms with E-state index in [9.17, 15) is 4.79 Å². The number of benzene rings is 3. The quantitative estimate of drug-likeness (QED) is 0.294. The first kappa shape index (κ1) is 28.0. The topological polar surface area (TPSA) is 57.2 Å². The largest absolute Gasteiger partial charge is 0.497 e. The molecule has 2 bridgehead atoms. The lowest BCUT2D eigenvalue weighted by molar-refractivity contribution is -0.184. The molecule has 3 aromatic carbocycles. The van der Waals surface area contributed by atoms with Gasteiger partial charge in [-0.2, -0.15) is 0 Å². The van der Waals surface area contributed by atoms with Crippen LogP contribution in [0.4, 0.5) is 0 Å². The zero-order valence-corrected chi connectivity index (χ0v) is 24.1. The number of methoxy groups -OCH3 is 2. The second kappa shape index (κ2) is 12.4. The summed E-state index contributed by atoms with van der Waals surface area (Å²) >= 11 is 0. The van der Waals surface area contributed by atoms with Gasteiger partial charge < -0.3 is 18.9 Å². The van der Waals surface area contributed by atoms with Gasteiger partial charge in [0.15, 0.2) is 0 Å². The van der Waals surface area contributed by atoms with Gasteiger partial charge in [-0.25, -0.2) is 0 Å². The molecule has 0 aromatic heterocycles. The molecular weight excluding hydrogens is 514 g/mol. The van der Waals surface area contributed by atoms with Gasteiger partial charge >= 0.3 is 5.97 Å². The first-order chi connectivity index (χ1) is 20.1. The molecule has 2 saturated heterocycles. The molecule has 0 radical (unpaired) electrons. The highest BCUT2D eigenvalue weighted by Crippen LogP contribution is 2.54. The number of piperidine rings is 1. The van der Waals surface area contributed by atoms with E-state index in [0.29, 0.717) is 19.8 Å². The van der Waals surface area contributed by atoms with Crippen LogP contribution in [0.3, 0.4) is 0 Å². The molecule has 41 heavy (non-hydrogen) atoms. The Labute approximate surface area is 243 Å². The first-order valence-electron chi connectivity index (χ1n) is 14.9. The van der Waals surface area contributed by atoms with Crippen molar-refractivity contribution in [3.05, 3.63) is 102 Å². The van der Waals surface area contributed by atoms with Crippen molar-refractivity contribution in [1.82, 2.24) is 4.90 Å². The zero-order valence-electron chi connectivity index (χ0n) is 24.1. The van der Waals surface area contributed by atoms with Crippen LogP contribution in [0.2, 0.25) is 0 Å². The molecule has 6 heteroatoms. The predicted octanol–water partition coefficient (Wildman–Crippen LogP) is 5.82. The standard InChI is InChI=1S/C35H41NO5/c1-38-29-15-13-25(14-16-29)19-31-33(41-24-27-11-7-4-8-12-27)30-21-35(20-28(22-36(31)35)34(37)39-2)18-17-32(30)40-23-26-9-5-3-6-10-26/h3-16,28,30-33H,17-24H2,1-2H3/t28-,30-,31-,32-,33-,35+/m0/s1. The van der Waals surface area contributed by atoms with Gasteiger partial charge in [0.05, 0.1) is 45.6 Å². The zero-order chi connectivity index (χ0) is 28.2. The number of fused-ring (bicyclic) bond motifs is 1. The van der Waals surface area contributed by atoms with Gasteiger partial charge in [0, 0.05) is 24.0 Å². The van der Waals surface area contributed by atoms with Crippen molar-refractivity contribution in [2.45, 2.75) is 69.1 Å². The van der Waals surface area contributed by atoms with Crippen LogP contribution in [0.1, 0.15) is 42.4 Å². The van der Waals surface area contributed by atoms with Gasteiger partial charge in [-0.1, -0.05) is 72.8 Å². The van der Waals surface area contributed by atoms with E-state index in [4.69, 9.17) is 18.9 Å². The Hall–Kier alpha value is -3.19. The number of hydrogen-bond donors (Lipinski definition) is 0. The van der Waals surface area contributed by atoms with Gasteiger partial charge in [0.1, 0.15) is 5.75 Å². The highest BCUT2D eigenvalue weighted by Gasteiger charge is 2.61. The number of carbonyl (C=O) groups is 1.